The number of hydrogen-bond donors (Lipinski definition) is 1. The van der Waals surface area contributed by atoms with Crippen LogP contribution in [0.4, 0.5) is 0 Å². The van der Waals surface area contributed by atoms with E-state index in [4.69, 9.17) is 5.73 Å². The van der Waals surface area contributed by atoms with Crippen LogP contribution in [0, 0.1) is 6.92 Å². The Bertz CT molecular complexity index is 686. The van der Waals surface area contributed by atoms with Crippen LogP contribution >= 0.6 is 23.1 Å². The van der Waals surface area contributed by atoms with Gasteiger partial charge in [0.25, 0.3) is 5.91 Å². The number of carbonyl (C=O) groups excluding carboxylic acids is 1. The third-order valence-electron chi connectivity index (χ3n) is 3.90. The van der Waals surface area contributed by atoms with Gasteiger partial charge in [0.1, 0.15) is 0 Å². The molecule has 6 heteroatoms. The second-order valence-electron chi connectivity index (χ2n) is 5.80. The Balaban J connectivity index is 1.73. The van der Waals surface area contributed by atoms with Crippen LogP contribution in [0.15, 0.2) is 34.5 Å². The van der Waals surface area contributed by atoms with Crippen molar-refractivity contribution in [3.05, 3.63) is 45.9 Å². The van der Waals surface area contributed by atoms with Gasteiger partial charge in [-0.2, -0.15) is 0 Å². The predicted molar refractivity (Wildman–Crippen MR) is 96.0 cm³/mol. The van der Waals surface area contributed by atoms with Crippen molar-refractivity contribution in [2.45, 2.75) is 36.5 Å². The van der Waals surface area contributed by atoms with E-state index in [9.17, 15) is 4.79 Å². The molecule has 1 unspecified atom stereocenters. The van der Waals surface area contributed by atoms with E-state index >= 15 is 0 Å². The molecule has 1 atom stereocenters. The molecule has 122 valence electrons. The third-order valence-corrected chi connectivity index (χ3v) is 5.83. The van der Waals surface area contributed by atoms with Crippen molar-refractivity contribution in [2.75, 3.05) is 13.1 Å². The highest BCUT2D eigenvalue weighted by atomic mass is 32.2. The second-order valence-corrected chi connectivity index (χ2v) is 7.88. The van der Waals surface area contributed by atoms with Gasteiger partial charge in [0.05, 0.1) is 16.3 Å². The summed E-state index contributed by atoms with van der Waals surface area (Å²) in [5.74, 6) is 0.881. The summed E-state index contributed by atoms with van der Waals surface area (Å²) < 4.78 is 0. The number of aryl methyl sites for hydroxylation is 1. The Morgan fingerprint density at radius 2 is 2.30 bits per heavy atom. The molecule has 1 saturated heterocycles. The van der Waals surface area contributed by atoms with Crippen molar-refractivity contribution in [2.24, 2.45) is 5.73 Å². The fourth-order valence-corrected chi connectivity index (χ4v) is 4.42. The number of likely N-dealkylation sites (tertiary alicyclic amines) is 1. The molecule has 4 nitrogen and oxygen atoms in total. The van der Waals surface area contributed by atoms with Gasteiger partial charge < -0.3 is 10.6 Å². The number of nitrogens with two attached hydrogens (primary N) is 1. The summed E-state index contributed by atoms with van der Waals surface area (Å²) in [6.45, 7) is 3.47. The fourth-order valence-electron chi connectivity index (χ4n) is 2.76. The molecule has 0 spiro atoms. The molecular formula is C17H21N3OS2. The molecular weight excluding hydrogens is 326 g/mol. The van der Waals surface area contributed by atoms with E-state index < -0.39 is 0 Å². The van der Waals surface area contributed by atoms with Crippen molar-refractivity contribution in [3.8, 4) is 0 Å². The second kappa shape index (κ2) is 7.47. The highest BCUT2D eigenvalue weighted by Crippen LogP contribution is 2.28. The molecule has 1 fully saturated rings. The van der Waals surface area contributed by atoms with Crippen LogP contribution in [0.5, 0.6) is 0 Å². The summed E-state index contributed by atoms with van der Waals surface area (Å²) in [5.41, 5.74) is 7.86. The number of piperidine rings is 1. The van der Waals surface area contributed by atoms with Crippen molar-refractivity contribution in [3.63, 3.8) is 0 Å². The lowest BCUT2D eigenvalue weighted by molar-refractivity contribution is 0.0705. The number of carbonyl (C=O) groups is 1. The van der Waals surface area contributed by atoms with Crippen molar-refractivity contribution in [1.29, 1.82) is 0 Å². The molecule has 1 aromatic heterocycles. The van der Waals surface area contributed by atoms with Gasteiger partial charge >= 0.3 is 0 Å². The maximum atomic E-state index is 12.8. The molecule has 3 rings (SSSR count). The molecule has 0 saturated carbocycles. The van der Waals surface area contributed by atoms with E-state index in [0.717, 1.165) is 46.3 Å². The summed E-state index contributed by atoms with van der Waals surface area (Å²) in [6, 6.07) is 7.94. The largest absolute Gasteiger partial charge is 0.337 e. The average Bonchev–Trinajstić information content (AvgIpc) is 2.98. The Morgan fingerprint density at radius 3 is 3.04 bits per heavy atom. The van der Waals surface area contributed by atoms with E-state index in [0.29, 0.717) is 6.54 Å². The molecule has 0 radical (unpaired) electrons. The van der Waals surface area contributed by atoms with Gasteiger partial charge in [-0.05, 0) is 31.9 Å². The minimum atomic E-state index is 0.0951. The highest BCUT2D eigenvalue weighted by Gasteiger charge is 2.24. The first-order valence-electron chi connectivity index (χ1n) is 7.81. The third kappa shape index (κ3) is 4.13. The fraction of sp³-hybridized carbons (Fsp3) is 0.412. The van der Waals surface area contributed by atoms with E-state index in [1.165, 1.54) is 0 Å². The summed E-state index contributed by atoms with van der Waals surface area (Å²) in [4.78, 5) is 20.2. The molecule has 2 heterocycles. The molecule has 23 heavy (non-hydrogen) atoms. The molecule has 0 bridgehead atoms. The van der Waals surface area contributed by atoms with Gasteiger partial charge in [0.15, 0.2) is 0 Å². The number of thioether (sulfide) groups is 1. The van der Waals surface area contributed by atoms with Gasteiger partial charge in [0.2, 0.25) is 0 Å². The molecule has 2 N–H and O–H groups in total. The van der Waals surface area contributed by atoms with Gasteiger partial charge in [-0.25, -0.2) is 4.98 Å². The number of amides is 1. The van der Waals surface area contributed by atoms with Crippen LogP contribution in [-0.4, -0.2) is 34.9 Å². The summed E-state index contributed by atoms with van der Waals surface area (Å²) in [5, 5.41) is 3.16. The van der Waals surface area contributed by atoms with Crippen LogP contribution in [0.2, 0.25) is 0 Å². The zero-order chi connectivity index (χ0) is 16.2. The number of rotatable bonds is 4. The van der Waals surface area contributed by atoms with Gasteiger partial charge in [-0.1, -0.05) is 12.1 Å². The smallest absolute Gasteiger partial charge is 0.255 e. The zero-order valence-electron chi connectivity index (χ0n) is 13.2. The lowest BCUT2D eigenvalue weighted by Gasteiger charge is -2.31. The Labute approximate surface area is 145 Å². The van der Waals surface area contributed by atoms with Crippen LogP contribution in [-0.2, 0) is 5.75 Å². The maximum absolute atomic E-state index is 12.8. The van der Waals surface area contributed by atoms with Crippen LogP contribution < -0.4 is 5.73 Å². The first kappa shape index (κ1) is 16.5. The topological polar surface area (TPSA) is 59.2 Å². The van der Waals surface area contributed by atoms with E-state index in [1.54, 1.807) is 23.1 Å². The quantitative estimate of drug-likeness (QED) is 0.862. The molecule has 0 aliphatic carbocycles. The van der Waals surface area contributed by atoms with Crippen molar-refractivity contribution in [1.82, 2.24) is 9.88 Å². The van der Waals surface area contributed by atoms with Crippen molar-refractivity contribution >= 4 is 29.0 Å². The highest BCUT2D eigenvalue weighted by molar-refractivity contribution is 7.98. The normalized spacial score (nSPS) is 18.2. The lowest BCUT2D eigenvalue weighted by atomic mass is 10.1. The lowest BCUT2D eigenvalue weighted by Crippen LogP contribution is -2.45. The van der Waals surface area contributed by atoms with E-state index in [2.05, 4.69) is 10.4 Å². The van der Waals surface area contributed by atoms with Crippen molar-refractivity contribution < 1.29 is 4.79 Å². The first-order valence-corrected chi connectivity index (χ1v) is 9.67. The van der Waals surface area contributed by atoms with E-state index in [-0.39, 0.29) is 11.9 Å². The number of benzene rings is 1. The van der Waals surface area contributed by atoms with Gasteiger partial charge in [0, 0.05) is 35.2 Å². The molecule has 2 aromatic rings. The number of nitrogens with zero attached hydrogens (tertiary/aromatic N) is 2. The SMILES string of the molecule is Cc1nc(CSc2ccccc2C(=O)N2CCCC(N)C2)cs1. The Kier molecular flexibility index (Phi) is 5.35. The first-order chi connectivity index (χ1) is 11.1. The van der Waals surface area contributed by atoms with E-state index in [1.807, 2.05) is 36.1 Å². The standard InChI is InChI=1S/C17H21N3OS2/c1-12-19-14(10-22-12)11-23-16-7-3-2-6-15(16)17(21)20-8-4-5-13(18)9-20/h2-3,6-7,10,13H,4-5,8-9,11,18H2,1H3. The minimum absolute atomic E-state index is 0.0951. The Hall–Kier alpha value is -1.37. The molecule has 1 aliphatic heterocycles. The zero-order valence-corrected chi connectivity index (χ0v) is 14.8. The maximum Gasteiger partial charge on any atom is 0.255 e. The summed E-state index contributed by atoms with van der Waals surface area (Å²) >= 11 is 3.33. The Morgan fingerprint density at radius 1 is 1.48 bits per heavy atom. The van der Waals surface area contributed by atoms with Gasteiger partial charge in [-0.15, -0.1) is 23.1 Å². The summed E-state index contributed by atoms with van der Waals surface area (Å²) in [7, 11) is 0. The molecule has 1 aromatic carbocycles. The molecule has 1 amide bonds. The van der Waals surface area contributed by atoms with Crippen LogP contribution in [0.25, 0.3) is 0 Å². The number of aromatic nitrogens is 1. The predicted octanol–water partition coefficient (Wildman–Crippen LogP) is 3.31. The summed E-state index contributed by atoms with van der Waals surface area (Å²) in [6.07, 6.45) is 1.99. The van der Waals surface area contributed by atoms with Crippen LogP contribution in [0.1, 0.15) is 33.9 Å². The van der Waals surface area contributed by atoms with Gasteiger partial charge in [-0.3, -0.25) is 4.79 Å². The minimum Gasteiger partial charge on any atom is -0.337 e. The molecule has 1 aliphatic rings. The number of hydrogen-bond acceptors (Lipinski definition) is 5. The average molecular weight is 348 g/mol. The van der Waals surface area contributed by atoms with Crippen LogP contribution in [0.3, 0.4) is 0 Å². The monoisotopic (exact) mass is 347 g/mol. The number of thiazole rings is 1.